The minimum absolute atomic E-state index is 0.0122. The maximum Gasteiger partial charge on any atom is 0.246 e. The SMILES string of the molecule is CC(C)c1nnc2n1NC(=O)C2. The van der Waals surface area contributed by atoms with Crippen LogP contribution < -0.4 is 5.43 Å². The van der Waals surface area contributed by atoms with Crippen molar-refractivity contribution >= 4 is 5.91 Å². The van der Waals surface area contributed by atoms with E-state index < -0.39 is 0 Å². The minimum Gasteiger partial charge on any atom is -0.273 e. The molecule has 2 heterocycles. The average Bonchev–Trinajstić information content (AvgIpc) is 2.43. The number of carbonyl (C=O) groups is 1. The van der Waals surface area contributed by atoms with Crippen molar-refractivity contribution in [1.82, 2.24) is 14.9 Å². The molecule has 1 aliphatic rings. The maximum atomic E-state index is 10.9. The second-order valence-corrected chi connectivity index (χ2v) is 3.18. The number of rotatable bonds is 1. The summed E-state index contributed by atoms with van der Waals surface area (Å²) in [5.41, 5.74) is 2.68. The van der Waals surface area contributed by atoms with Crippen LogP contribution in [0.15, 0.2) is 0 Å². The lowest BCUT2D eigenvalue weighted by Crippen LogP contribution is -2.17. The Morgan fingerprint density at radius 1 is 1.50 bits per heavy atom. The number of hydrogen-bond acceptors (Lipinski definition) is 3. The van der Waals surface area contributed by atoms with E-state index in [9.17, 15) is 4.79 Å². The molecule has 0 aromatic carbocycles. The van der Waals surface area contributed by atoms with Crippen molar-refractivity contribution in [2.24, 2.45) is 0 Å². The van der Waals surface area contributed by atoms with Gasteiger partial charge in [-0.1, -0.05) is 13.8 Å². The van der Waals surface area contributed by atoms with E-state index in [0.29, 0.717) is 12.2 Å². The van der Waals surface area contributed by atoms with Crippen LogP contribution in [0.2, 0.25) is 0 Å². The van der Waals surface area contributed by atoms with Crippen molar-refractivity contribution in [2.75, 3.05) is 5.43 Å². The van der Waals surface area contributed by atoms with Crippen LogP contribution >= 0.6 is 0 Å². The van der Waals surface area contributed by atoms with E-state index in [-0.39, 0.29) is 11.8 Å². The molecule has 0 spiro atoms. The molecular formula is C7H10N4O. The molecule has 1 aliphatic heterocycles. The van der Waals surface area contributed by atoms with Gasteiger partial charge >= 0.3 is 0 Å². The topological polar surface area (TPSA) is 59.8 Å². The van der Waals surface area contributed by atoms with E-state index in [1.54, 1.807) is 4.68 Å². The monoisotopic (exact) mass is 166 g/mol. The first-order valence-electron chi connectivity index (χ1n) is 3.92. The molecule has 12 heavy (non-hydrogen) atoms. The van der Waals surface area contributed by atoms with E-state index in [4.69, 9.17) is 0 Å². The molecule has 0 saturated heterocycles. The number of carbonyl (C=O) groups excluding carboxylic acids is 1. The van der Waals surface area contributed by atoms with Crippen LogP contribution in [0, 0.1) is 0 Å². The van der Waals surface area contributed by atoms with Crippen LogP contribution in [-0.4, -0.2) is 20.8 Å². The third-order valence-corrected chi connectivity index (χ3v) is 1.83. The normalized spacial score (nSPS) is 15.1. The van der Waals surface area contributed by atoms with Gasteiger partial charge in [0.2, 0.25) is 5.91 Å². The summed E-state index contributed by atoms with van der Waals surface area (Å²) in [4.78, 5) is 10.9. The minimum atomic E-state index is -0.0122. The van der Waals surface area contributed by atoms with Gasteiger partial charge in [-0.25, -0.2) is 4.68 Å². The number of nitrogens with zero attached hydrogens (tertiary/aromatic N) is 3. The van der Waals surface area contributed by atoms with Gasteiger partial charge in [-0.3, -0.25) is 10.2 Å². The van der Waals surface area contributed by atoms with Crippen LogP contribution in [0.1, 0.15) is 31.4 Å². The molecule has 1 aromatic heterocycles. The molecule has 2 rings (SSSR count). The second-order valence-electron chi connectivity index (χ2n) is 3.18. The van der Waals surface area contributed by atoms with Crippen molar-refractivity contribution in [3.63, 3.8) is 0 Å². The van der Waals surface area contributed by atoms with Crippen molar-refractivity contribution in [3.05, 3.63) is 11.6 Å². The van der Waals surface area contributed by atoms with E-state index >= 15 is 0 Å². The summed E-state index contributed by atoms with van der Waals surface area (Å²) in [5.74, 6) is 1.80. The first-order chi connectivity index (χ1) is 5.68. The lowest BCUT2D eigenvalue weighted by molar-refractivity contribution is -0.115. The van der Waals surface area contributed by atoms with Gasteiger partial charge in [-0.2, -0.15) is 0 Å². The van der Waals surface area contributed by atoms with Gasteiger partial charge in [0, 0.05) is 5.92 Å². The molecule has 0 saturated carbocycles. The largest absolute Gasteiger partial charge is 0.273 e. The van der Waals surface area contributed by atoms with Gasteiger partial charge in [-0.05, 0) is 0 Å². The van der Waals surface area contributed by atoms with E-state index in [1.807, 2.05) is 13.8 Å². The number of aromatic nitrogens is 3. The highest BCUT2D eigenvalue weighted by atomic mass is 16.2. The van der Waals surface area contributed by atoms with Gasteiger partial charge in [0.25, 0.3) is 0 Å². The lowest BCUT2D eigenvalue weighted by atomic mass is 10.2. The predicted molar refractivity (Wildman–Crippen MR) is 42.2 cm³/mol. The molecule has 0 unspecified atom stereocenters. The van der Waals surface area contributed by atoms with Crippen LogP contribution in [0.4, 0.5) is 0 Å². The smallest absolute Gasteiger partial charge is 0.246 e. The highest BCUT2D eigenvalue weighted by Gasteiger charge is 2.24. The van der Waals surface area contributed by atoms with Crippen molar-refractivity contribution in [2.45, 2.75) is 26.2 Å². The Balaban J connectivity index is 2.43. The first-order valence-corrected chi connectivity index (χ1v) is 3.92. The van der Waals surface area contributed by atoms with Gasteiger partial charge in [-0.15, -0.1) is 10.2 Å². The fraction of sp³-hybridized carbons (Fsp3) is 0.571. The number of amides is 1. The zero-order valence-electron chi connectivity index (χ0n) is 7.03. The molecule has 0 bridgehead atoms. The first kappa shape index (κ1) is 7.27. The van der Waals surface area contributed by atoms with Gasteiger partial charge in [0.05, 0.1) is 6.42 Å². The van der Waals surface area contributed by atoms with Crippen LogP contribution in [0.25, 0.3) is 0 Å². The number of nitrogens with one attached hydrogen (secondary N) is 1. The Morgan fingerprint density at radius 2 is 2.25 bits per heavy atom. The molecule has 5 heteroatoms. The summed E-state index contributed by atoms with van der Waals surface area (Å²) in [6, 6.07) is 0. The molecule has 0 aliphatic carbocycles. The molecule has 1 aromatic rings. The number of fused-ring (bicyclic) bond motifs is 1. The molecule has 1 N–H and O–H groups in total. The molecule has 64 valence electrons. The molecule has 0 radical (unpaired) electrons. The molecule has 1 amide bonds. The average molecular weight is 166 g/mol. The Kier molecular flexibility index (Phi) is 1.39. The summed E-state index contributed by atoms with van der Waals surface area (Å²) >= 11 is 0. The third kappa shape index (κ3) is 0.895. The maximum absolute atomic E-state index is 10.9. The molecule has 0 atom stereocenters. The predicted octanol–water partition coefficient (Wildman–Crippen LogP) is 0.0277. The van der Waals surface area contributed by atoms with Crippen molar-refractivity contribution in [3.8, 4) is 0 Å². The lowest BCUT2D eigenvalue weighted by Gasteiger charge is -2.04. The summed E-state index contributed by atoms with van der Waals surface area (Å²) in [6.45, 7) is 4.03. The van der Waals surface area contributed by atoms with Crippen LogP contribution in [-0.2, 0) is 11.2 Å². The van der Waals surface area contributed by atoms with Crippen LogP contribution in [0.5, 0.6) is 0 Å². The molecular weight excluding hydrogens is 156 g/mol. The van der Waals surface area contributed by atoms with Gasteiger partial charge in [0.1, 0.15) is 0 Å². The van der Waals surface area contributed by atoms with E-state index in [2.05, 4.69) is 15.6 Å². The standard InChI is InChI=1S/C7H10N4O/c1-4(2)7-9-8-5-3-6(12)10-11(5)7/h4H,3H2,1-2H3,(H,10,12). The Morgan fingerprint density at radius 3 is 2.92 bits per heavy atom. The highest BCUT2D eigenvalue weighted by Crippen LogP contribution is 2.14. The summed E-state index contributed by atoms with van der Waals surface area (Å²) < 4.78 is 1.67. The van der Waals surface area contributed by atoms with E-state index in [1.165, 1.54) is 0 Å². The van der Waals surface area contributed by atoms with Crippen molar-refractivity contribution < 1.29 is 4.79 Å². The Hall–Kier alpha value is -1.39. The van der Waals surface area contributed by atoms with E-state index in [0.717, 1.165) is 5.82 Å². The fourth-order valence-electron chi connectivity index (χ4n) is 1.25. The summed E-state index contributed by atoms with van der Waals surface area (Å²) in [6.07, 6.45) is 0.347. The molecule has 5 nitrogen and oxygen atoms in total. The third-order valence-electron chi connectivity index (χ3n) is 1.83. The zero-order valence-corrected chi connectivity index (χ0v) is 7.03. The summed E-state index contributed by atoms with van der Waals surface area (Å²) in [7, 11) is 0. The highest BCUT2D eigenvalue weighted by molar-refractivity contribution is 5.87. The van der Waals surface area contributed by atoms with Gasteiger partial charge in [0.15, 0.2) is 11.6 Å². The van der Waals surface area contributed by atoms with Gasteiger partial charge < -0.3 is 0 Å². The second kappa shape index (κ2) is 2.30. The quantitative estimate of drug-likeness (QED) is 0.640. The number of hydrogen-bond donors (Lipinski definition) is 1. The van der Waals surface area contributed by atoms with Crippen LogP contribution in [0.3, 0.4) is 0 Å². The fourth-order valence-corrected chi connectivity index (χ4v) is 1.25. The van der Waals surface area contributed by atoms with Crippen molar-refractivity contribution in [1.29, 1.82) is 0 Å². The Labute approximate surface area is 69.8 Å². The zero-order chi connectivity index (χ0) is 8.72. The molecule has 0 fully saturated rings. The summed E-state index contributed by atoms with van der Waals surface area (Å²) in [5, 5.41) is 7.87. The Bertz CT molecular complexity index is 328.